The largest absolute Gasteiger partial charge is 0.496 e. The average molecular weight is 434 g/mol. The highest BCUT2D eigenvalue weighted by atomic mass is 32.2. The Morgan fingerprint density at radius 2 is 1.93 bits per heavy atom. The number of nitrogens with one attached hydrogen (secondary N) is 1. The number of anilines is 2. The van der Waals surface area contributed by atoms with E-state index in [4.69, 9.17) is 14.6 Å². The third-order valence-corrected chi connectivity index (χ3v) is 5.64. The van der Waals surface area contributed by atoms with Crippen LogP contribution in [0.1, 0.15) is 21.6 Å². The predicted octanol–water partition coefficient (Wildman–Crippen LogP) is 3.21. The van der Waals surface area contributed by atoms with Gasteiger partial charge in [0.1, 0.15) is 17.9 Å². The molecule has 1 heterocycles. The maximum atomic E-state index is 12.4. The molecule has 0 aliphatic carbocycles. The van der Waals surface area contributed by atoms with Crippen LogP contribution in [0, 0.1) is 6.92 Å². The molecule has 8 nitrogen and oxygen atoms in total. The van der Waals surface area contributed by atoms with Crippen LogP contribution in [0.4, 0.5) is 10.8 Å². The third kappa shape index (κ3) is 5.31. The van der Waals surface area contributed by atoms with E-state index in [2.05, 4.69) is 10.3 Å². The molecule has 0 unspecified atom stereocenters. The molecule has 0 fully saturated rings. The Balaban J connectivity index is 1.68. The fraction of sp³-hybridized carbons (Fsp3) is 0.158. The zero-order valence-electron chi connectivity index (χ0n) is 15.7. The SMILES string of the molecule is COc1ccc(S(N)(=O)=O)cc1C(=O)OCc1csc(Nc2ccc(C)cc2)n1. The standard InChI is InChI=1S/C19H19N3O5S2/c1-12-3-5-13(6-4-12)21-19-22-14(11-28-19)10-27-18(23)16-9-15(29(20,24)25)7-8-17(16)26-2/h3-9,11H,10H2,1-2H3,(H,21,22)(H2,20,24,25). The van der Waals surface area contributed by atoms with E-state index in [0.717, 1.165) is 17.3 Å². The molecule has 2 aromatic carbocycles. The number of ether oxygens (including phenoxy) is 2. The van der Waals surface area contributed by atoms with Gasteiger partial charge in [0.15, 0.2) is 5.13 Å². The Morgan fingerprint density at radius 1 is 1.21 bits per heavy atom. The lowest BCUT2D eigenvalue weighted by atomic mass is 10.2. The Bertz CT molecular complexity index is 1130. The van der Waals surface area contributed by atoms with Gasteiger partial charge in [0, 0.05) is 11.1 Å². The summed E-state index contributed by atoms with van der Waals surface area (Å²) in [4.78, 5) is 16.6. The van der Waals surface area contributed by atoms with Gasteiger partial charge < -0.3 is 14.8 Å². The first-order valence-corrected chi connectivity index (χ1v) is 10.8. The van der Waals surface area contributed by atoms with Crippen molar-refractivity contribution in [2.45, 2.75) is 18.4 Å². The van der Waals surface area contributed by atoms with Crippen molar-refractivity contribution in [1.29, 1.82) is 0 Å². The van der Waals surface area contributed by atoms with Crippen molar-refractivity contribution < 1.29 is 22.7 Å². The van der Waals surface area contributed by atoms with Crippen LogP contribution in [0.25, 0.3) is 0 Å². The van der Waals surface area contributed by atoms with Crippen LogP contribution in [-0.4, -0.2) is 26.5 Å². The smallest absolute Gasteiger partial charge is 0.342 e. The van der Waals surface area contributed by atoms with Crippen LogP contribution >= 0.6 is 11.3 Å². The van der Waals surface area contributed by atoms with Gasteiger partial charge in [-0.15, -0.1) is 11.3 Å². The maximum absolute atomic E-state index is 12.4. The number of thiazole rings is 1. The van der Waals surface area contributed by atoms with Crippen molar-refractivity contribution in [2.24, 2.45) is 5.14 Å². The summed E-state index contributed by atoms with van der Waals surface area (Å²) in [5.74, 6) is -0.559. The molecule has 3 rings (SSSR count). The second-order valence-corrected chi connectivity index (χ2v) is 8.54. The van der Waals surface area contributed by atoms with Gasteiger partial charge in [-0.3, -0.25) is 0 Å². The first-order chi connectivity index (χ1) is 13.8. The summed E-state index contributed by atoms with van der Waals surface area (Å²) in [5.41, 5.74) is 2.58. The summed E-state index contributed by atoms with van der Waals surface area (Å²) >= 11 is 1.38. The minimum atomic E-state index is -3.96. The van der Waals surface area contributed by atoms with Crippen molar-refractivity contribution in [3.8, 4) is 5.75 Å². The maximum Gasteiger partial charge on any atom is 0.342 e. The van der Waals surface area contributed by atoms with E-state index in [9.17, 15) is 13.2 Å². The highest BCUT2D eigenvalue weighted by Gasteiger charge is 2.19. The van der Waals surface area contributed by atoms with Crippen molar-refractivity contribution in [3.63, 3.8) is 0 Å². The zero-order valence-corrected chi connectivity index (χ0v) is 17.3. The molecule has 0 aliphatic heterocycles. The molecule has 0 saturated carbocycles. The number of sulfonamides is 1. The normalized spacial score (nSPS) is 11.1. The number of nitrogens with zero attached hydrogens (tertiary/aromatic N) is 1. The molecular weight excluding hydrogens is 414 g/mol. The van der Waals surface area contributed by atoms with E-state index in [1.165, 1.54) is 30.6 Å². The van der Waals surface area contributed by atoms with Crippen LogP contribution < -0.4 is 15.2 Å². The van der Waals surface area contributed by atoms with Gasteiger partial charge >= 0.3 is 5.97 Å². The number of benzene rings is 2. The lowest BCUT2D eigenvalue weighted by Gasteiger charge is -2.09. The molecule has 0 radical (unpaired) electrons. The Hall–Kier alpha value is -2.95. The van der Waals surface area contributed by atoms with Crippen molar-refractivity contribution in [1.82, 2.24) is 4.98 Å². The van der Waals surface area contributed by atoms with Gasteiger partial charge in [0.05, 0.1) is 17.7 Å². The van der Waals surface area contributed by atoms with Gasteiger partial charge in [-0.25, -0.2) is 23.3 Å². The number of aromatic nitrogens is 1. The van der Waals surface area contributed by atoms with Crippen LogP contribution in [0.15, 0.2) is 52.7 Å². The number of hydrogen-bond acceptors (Lipinski definition) is 8. The Morgan fingerprint density at radius 3 is 2.59 bits per heavy atom. The fourth-order valence-electron chi connectivity index (χ4n) is 2.43. The number of methoxy groups -OCH3 is 1. The molecule has 0 amide bonds. The molecule has 10 heteroatoms. The molecule has 1 aromatic heterocycles. The van der Waals surface area contributed by atoms with Gasteiger partial charge in [-0.05, 0) is 37.3 Å². The van der Waals surface area contributed by atoms with Crippen molar-refractivity contribution in [3.05, 3.63) is 64.7 Å². The van der Waals surface area contributed by atoms with E-state index >= 15 is 0 Å². The first kappa shape index (κ1) is 20.8. The van der Waals surface area contributed by atoms with Crippen molar-refractivity contribution in [2.75, 3.05) is 12.4 Å². The summed E-state index contributed by atoms with van der Waals surface area (Å²) in [6.45, 7) is 1.93. The average Bonchev–Trinajstić information content (AvgIpc) is 3.14. The highest BCUT2D eigenvalue weighted by molar-refractivity contribution is 7.89. The van der Waals surface area contributed by atoms with Crippen LogP contribution in [0.5, 0.6) is 5.75 Å². The number of nitrogens with two attached hydrogens (primary N) is 1. The Kier molecular flexibility index (Phi) is 6.16. The van der Waals surface area contributed by atoms with Gasteiger partial charge in [-0.2, -0.15) is 0 Å². The summed E-state index contributed by atoms with van der Waals surface area (Å²) in [5, 5.41) is 10.7. The summed E-state index contributed by atoms with van der Waals surface area (Å²) < 4.78 is 33.4. The van der Waals surface area contributed by atoms with Crippen LogP contribution in [0.3, 0.4) is 0 Å². The molecule has 3 aromatic rings. The number of rotatable bonds is 7. The molecule has 29 heavy (non-hydrogen) atoms. The molecule has 152 valence electrons. The van der Waals surface area contributed by atoms with Crippen molar-refractivity contribution >= 4 is 38.1 Å². The lowest BCUT2D eigenvalue weighted by molar-refractivity contribution is 0.0464. The monoisotopic (exact) mass is 433 g/mol. The molecule has 0 saturated heterocycles. The number of primary sulfonamides is 1. The van der Waals surface area contributed by atoms with Crippen LogP contribution in [-0.2, 0) is 21.4 Å². The van der Waals surface area contributed by atoms with E-state index < -0.39 is 16.0 Å². The van der Waals surface area contributed by atoms with E-state index in [1.807, 2.05) is 31.2 Å². The van der Waals surface area contributed by atoms with Crippen LogP contribution in [0.2, 0.25) is 0 Å². The van der Waals surface area contributed by atoms with E-state index in [-0.39, 0.29) is 22.8 Å². The number of carbonyl (C=O) groups excluding carboxylic acids is 1. The second kappa shape index (κ2) is 8.60. The topological polar surface area (TPSA) is 121 Å². The van der Waals surface area contributed by atoms with E-state index in [0.29, 0.717) is 10.8 Å². The molecule has 0 aliphatic rings. The Labute approximate surface area is 172 Å². The third-order valence-electron chi connectivity index (χ3n) is 3.93. The molecule has 0 bridgehead atoms. The molecule has 3 N–H and O–H groups in total. The lowest BCUT2D eigenvalue weighted by Crippen LogP contribution is -2.14. The minimum absolute atomic E-state index is 0.0349. The summed E-state index contributed by atoms with van der Waals surface area (Å²) in [7, 11) is -2.60. The highest BCUT2D eigenvalue weighted by Crippen LogP contribution is 2.24. The number of hydrogen-bond donors (Lipinski definition) is 2. The molecule has 0 spiro atoms. The second-order valence-electron chi connectivity index (χ2n) is 6.12. The van der Waals surface area contributed by atoms with Gasteiger partial charge in [0.25, 0.3) is 0 Å². The predicted molar refractivity (Wildman–Crippen MR) is 110 cm³/mol. The number of esters is 1. The van der Waals surface area contributed by atoms with E-state index in [1.54, 1.807) is 5.38 Å². The zero-order chi connectivity index (χ0) is 21.0. The van der Waals surface area contributed by atoms with Gasteiger partial charge in [-0.1, -0.05) is 17.7 Å². The first-order valence-electron chi connectivity index (χ1n) is 8.42. The summed E-state index contributed by atoms with van der Waals surface area (Å²) in [6.07, 6.45) is 0. The quantitative estimate of drug-likeness (QED) is 0.549. The van der Waals surface area contributed by atoms with Gasteiger partial charge in [0.2, 0.25) is 10.0 Å². The summed E-state index contributed by atoms with van der Waals surface area (Å²) in [6, 6.07) is 11.6. The molecular formula is C19H19N3O5S2. The number of carbonyl (C=O) groups is 1. The molecule has 0 atom stereocenters. The minimum Gasteiger partial charge on any atom is -0.496 e. The fourth-order valence-corrected chi connectivity index (χ4v) is 3.69. The number of aryl methyl sites for hydroxylation is 1.